The van der Waals surface area contributed by atoms with E-state index in [2.05, 4.69) is 30.9 Å². The second kappa shape index (κ2) is 3.37. The van der Waals surface area contributed by atoms with Crippen LogP contribution in [0, 0.1) is 5.92 Å². The van der Waals surface area contributed by atoms with Crippen molar-refractivity contribution >= 4 is 0 Å². The maximum absolute atomic E-state index is 5.45. The summed E-state index contributed by atoms with van der Waals surface area (Å²) in [7, 11) is 0. The van der Waals surface area contributed by atoms with Gasteiger partial charge in [-0.2, -0.15) is 0 Å². The third-order valence-electron chi connectivity index (χ3n) is 1.77. The standard InChI is InChI=1S/C9H13N/c1-8(7-10)9-5-3-2-4-6-9/h2-5,9H,1,6-7,10H2. The Morgan fingerprint density at radius 3 is 2.90 bits per heavy atom. The third-order valence-corrected chi connectivity index (χ3v) is 1.77. The zero-order chi connectivity index (χ0) is 7.40. The molecule has 0 aromatic carbocycles. The van der Waals surface area contributed by atoms with Crippen LogP contribution in [0.3, 0.4) is 0 Å². The summed E-state index contributed by atoms with van der Waals surface area (Å²) in [6.07, 6.45) is 9.46. The van der Waals surface area contributed by atoms with Gasteiger partial charge in [0.15, 0.2) is 0 Å². The van der Waals surface area contributed by atoms with Crippen LogP contribution in [-0.2, 0) is 0 Å². The summed E-state index contributed by atoms with van der Waals surface area (Å²) in [5, 5.41) is 0. The monoisotopic (exact) mass is 135 g/mol. The molecule has 0 bridgehead atoms. The Morgan fingerprint density at radius 1 is 1.60 bits per heavy atom. The molecular formula is C9H13N. The van der Waals surface area contributed by atoms with Crippen LogP contribution < -0.4 is 5.73 Å². The normalized spacial score (nSPS) is 23.1. The number of allylic oxidation sites excluding steroid dienone is 4. The fraction of sp³-hybridized carbons (Fsp3) is 0.333. The Morgan fingerprint density at radius 2 is 2.40 bits per heavy atom. The van der Waals surface area contributed by atoms with E-state index in [9.17, 15) is 0 Å². The van der Waals surface area contributed by atoms with Gasteiger partial charge in [-0.1, -0.05) is 36.5 Å². The van der Waals surface area contributed by atoms with Crippen LogP contribution in [0.5, 0.6) is 0 Å². The van der Waals surface area contributed by atoms with Crippen molar-refractivity contribution in [3.63, 3.8) is 0 Å². The molecule has 10 heavy (non-hydrogen) atoms. The number of nitrogens with two attached hydrogens (primary N) is 1. The molecular weight excluding hydrogens is 122 g/mol. The van der Waals surface area contributed by atoms with E-state index in [4.69, 9.17) is 5.73 Å². The molecule has 0 aromatic rings. The molecule has 0 amide bonds. The van der Waals surface area contributed by atoms with E-state index in [0.29, 0.717) is 12.5 Å². The lowest BCUT2D eigenvalue weighted by Crippen LogP contribution is -2.10. The van der Waals surface area contributed by atoms with Crippen molar-refractivity contribution in [2.24, 2.45) is 11.7 Å². The van der Waals surface area contributed by atoms with Gasteiger partial charge < -0.3 is 5.73 Å². The zero-order valence-corrected chi connectivity index (χ0v) is 6.09. The van der Waals surface area contributed by atoms with Gasteiger partial charge in [-0.05, 0) is 6.42 Å². The van der Waals surface area contributed by atoms with Crippen LogP contribution in [0.15, 0.2) is 36.5 Å². The average molecular weight is 135 g/mol. The molecule has 1 aliphatic rings. The van der Waals surface area contributed by atoms with E-state index < -0.39 is 0 Å². The predicted molar refractivity (Wildman–Crippen MR) is 44.6 cm³/mol. The number of hydrogen-bond acceptors (Lipinski definition) is 1. The Balaban J connectivity index is 2.51. The molecule has 0 heterocycles. The lowest BCUT2D eigenvalue weighted by molar-refractivity contribution is 0.749. The molecule has 0 radical (unpaired) electrons. The molecule has 1 rings (SSSR count). The molecule has 0 saturated heterocycles. The maximum atomic E-state index is 5.45. The molecule has 1 aliphatic carbocycles. The molecule has 1 unspecified atom stereocenters. The van der Waals surface area contributed by atoms with Crippen LogP contribution in [0.2, 0.25) is 0 Å². The van der Waals surface area contributed by atoms with Gasteiger partial charge in [-0.15, -0.1) is 0 Å². The Labute approximate surface area is 61.9 Å². The molecule has 54 valence electrons. The summed E-state index contributed by atoms with van der Waals surface area (Å²) in [5.41, 5.74) is 6.57. The highest BCUT2D eigenvalue weighted by Crippen LogP contribution is 2.17. The van der Waals surface area contributed by atoms with Crippen molar-refractivity contribution in [1.29, 1.82) is 0 Å². The first-order chi connectivity index (χ1) is 4.84. The molecule has 1 nitrogen and oxygen atoms in total. The highest BCUT2D eigenvalue weighted by molar-refractivity contribution is 5.20. The average Bonchev–Trinajstić information content (AvgIpc) is 2.05. The summed E-state index contributed by atoms with van der Waals surface area (Å²) >= 11 is 0. The van der Waals surface area contributed by atoms with E-state index in [1.54, 1.807) is 0 Å². The van der Waals surface area contributed by atoms with Crippen molar-refractivity contribution in [2.75, 3.05) is 6.54 Å². The molecule has 0 spiro atoms. The smallest absolute Gasteiger partial charge is 0.0140 e. The van der Waals surface area contributed by atoms with Crippen molar-refractivity contribution in [3.8, 4) is 0 Å². The molecule has 1 atom stereocenters. The van der Waals surface area contributed by atoms with Gasteiger partial charge in [0, 0.05) is 12.5 Å². The van der Waals surface area contributed by atoms with Crippen molar-refractivity contribution < 1.29 is 0 Å². The Hall–Kier alpha value is -0.820. The van der Waals surface area contributed by atoms with Gasteiger partial charge in [0.1, 0.15) is 0 Å². The highest BCUT2D eigenvalue weighted by Gasteiger charge is 2.06. The summed E-state index contributed by atoms with van der Waals surface area (Å²) in [6, 6.07) is 0. The molecule has 2 N–H and O–H groups in total. The van der Waals surface area contributed by atoms with Gasteiger partial charge in [0.2, 0.25) is 0 Å². The fourth-order valence-corrected chi connectivity index (χ4v) is 1.03. The van der Waals surface area contributed by atoms with Gasteiger partial charge in [-0.25, -0.2) is 0 Å². The van der Waals surface area contributed by atoms with Crippen LogP contribution in [-0.4, -0.2) is 6.54 Å². The first kappa shape index (κ1) is 7.29. The minimum atomic E-state index is 0.481. The summed E-state index contributed by atoms with van der Waals surface area (Å²) in [5.74, 6) is 0.481. The van der Waals surface area contributed by atoms with Crippen molar-refractivity contribution in [3.05, 3.63) is 36.5 Å². The first-order valence-corrected chi connectivity index (χ1v) is 3.55. The van der Waals surface area contributed by atoms with Gasteiger partial charge >= 0.3 is 0 Å². The van der Waals surface area contributed by atoms with Crippen LogP contribution in [0.4, 0.5) is 0 Å². The summed E-state index contributed by atoms with van der Waals surface area (Å²) in [6.45, 7) is 4.49. The Bertz CT molecular complexity index is 177. The number of rotatable bonds is 2. The first-order valence-electron chi connectivity index (χ1n) is 3.55. The van der Waals surface area contributed by atoms with Crippen LogP contribution in [0.25, 0.3) is 0 Å². The fourth-order valence-electron chi connectivity index (χ4n) is 1.03. The summed E-state index contributed by atoms with van der Waals surface area (Å²) < 4.78 is 0. The largest absolute Gasteiger partial charge is 0.327 e. The van der Waals surface area contributed by atoms with Crippen LogP contribution in [0.1, 0.15) is 6.42 Å². The van der Waals surface area contributed by atoms with E-state index in [0.717, 1.165) is 12.0 Å². The van der Waals surface area contributed by atoms with Gasteiger partial charge in [0.25, 0.3) is 0 Å². The highest BCUT2D eigenvalue weighted by atomic mass is 14.5. The minimum absolute atomic E-state index is 0.481. The molecule has 0 aliphatic heterocycles. The topological polar surface area (TPSA) is 26.0 Å². The molecule has 0 aromatic heterocycles. The van der Waals surface area contributed by atoms with E-state index in [-0.39, 0.29) is 0 Å². The molecule has 0 saturated carbocycles. The maximum Gasteiger partial charge on any atom is 0.0140 e. The van der Waals surface area contributed by atoms with Crippen molar-refractivity contribution in [1.82, 2.24) is 0 Å². The molecule has 1 heteroatoms. The minimum Gasteiger partial charge on any atom is -0.327 e. The van der Waals surface area contributed by atoms with E-state index in [1.807, 2.05) is 0 Å². The number of hydrogen-bond donors (Lipinski definition) is 1. The summed E-state index contributed by atoms with van der Waals surface area (Å²) in [4.78, 5) is 0. The SMILES string of the molecule is C=C(CN)C1C=CC=CC1. The van der Waals surface area contributed by atoms with Gasteiger partial charge in [0.05, 0.1) is 0 Å². The molecule has 0 fully saturated rings. The Kier molecular flexibility index (Phi) is 2.46. The van der Waals surface area contributed by atoms with E-state index >= 15 is 0 Å². The predicted octanol–water partition coefficient (Wildman–Crippen LogP) is 1.63. The quantitative estimate of drug-likeness (QED) is 0.572. The lowest BCUT2D eigenvalue weighted by Gasteiger charge is -2.13. The lowest BCUT2D eigenvalue weighted by atomic mass is 9.94. The van der Waals surface area contributed by atoms with Crippen molar-refractivity contribution in [2.45, 2.75) is 6.42 Å². The van der Waals surface area contributed by atoms with Gasteiger partial charge in [-0.3, -0.25) is 0 Å². The van der Waals surface area contributed by atoms with Crippen LogP contribution >= 0.6 is 0 Å². The second-order valence-corrected chi connectivity index (χ2v) is 2.52. The second-order valence-electron chi connectivity index (χ2n) is 2.52. The van der Waals surface area contributed by atoms with E-state index in [1.165, 1.54) is 0 Å². The third kappa shape index (κ3) is 1.58. The zero-order valence-electron chi connectivity index (χ0n) is 6.09.